The van der Waals surface area contributed by atoms with E-state index in [1.165, 1.54) is 30.5 Å². The summed E-state index contributed by atoms with van der Waals surface area (Å²) in [6, 6.07) is 7.58. The van der Waals surface area contributed by atoms with Crippen LogP contribution in [0.15, 0.2) is 55.0 Å². The van der Waals surface area contributed by atoms with E-state index in [4.69, 9.17) is 11.6 Å². The second-order valence-electron chi connectivity index (χ2n) is 6.58. The summed E-state index contributed by atoms with van der Waals surface area (Å²) in [5.41, 5.74) is -1.59. The first kappa shape index (κ1) is 22.7. The van der Waals surface area contributed by atoms with Gasteiger partial charge in [0.1, 0.15) is 11.5 Å². The minimum atomic E-state index is -4.70. The molecule has 0 radical (unpaired) electrons. The van der Waals surface area contributed by atoms with Gasteiger partial charge in [-0.15, -0.1) is 0 Å². The SMILES string of the molecule is O=C(CCc1ccc(C(F)(F)F)cc1)Nc1ccc(-n2cnc(Cl)c2)c(C(F)(F)F)c1. The second kappa shape index (κ2) is 8.62. The predicted octanol–water partition coefficient (Wildman–Crippen LogP) is 6.13. The number of carbonyl (C=O) groups excluding carboxylic acids is 1. The normalized spacial score (nSPS) is 12.1. The Hall–Kier alpha value is -3.01. The van der Waals surface area contributed by atoms with E-state index in [1.807, 2.05) is 0 Å². The molecule has 2 aromatic carbocycles. The van der Waals surface area contributed by atoms with Crippen LogP contribution in [0, 0.1) is 0 Å². The Kier molecular flexibility index (Phi) is 6.30. The smallest absolute Gasteiger partial charge is 0.326 e. The summed E-state index contributed by atoms with van der Waals surface area (Å²) in [7, 11) is 0. The van der Waals surface area contributed by atoms with Gasteiger partial charge in [0, 0.05) is 18.3 Å². The predicted molar refractivity (Wildman–Crippen MR) is 102 cm³/mol. The molecular weight excluding hydrogens is 448 g/mol. The maximum Gasteiger partial charge on any atom is 0.418 e. The number of imidazole rings is 1. The van der Waals surface area contributed by atoms with E-state index in [0.717, 1.165) is 29.1 Å². The van der Waals surface area contributed by atoms with Crippen LogP contribution in [0.25, 0.3) is 5.69 Å². The van der Waals surface area contributed by atoms with Crippen molar-refractivity contribution in [2.45, 2.75) is 25.2 Å². The molecule has 11 heteroatoms. The average Bonchev–Trinajstić information content (AvgIpc) is 3.11. The van der Waals surface area contributed by atoms with Gasteiger partial charge in [0.15, 0.2) is 0 Å². The van der Waals surface area contributed by atoms with Crippen LogP contribution in [0.5, 0.6) is 0 Å². The van der Waals surface area contributed by atoms with Gasteiger partial charge in [0.05, 0.1) is 16.8 Å². The molecule has 1 N–H and O–H groups in total. The highest BCUT2D eigenvalue weighted by Crippen LogP contribution is 2.36. The van der Waals surface area contributed by atoms with E-state index in [1.54, 1.807) is 0 Å². The number of aromatic nitrogens is 2. The van der Waals surface area contributed by atoms with Crippen LogP contribution in [-0.4, -0.2) is 15.5 Å². The molecule has 4 nitrogen and oxygen atoms in total. The third kappa shape index (κ3) is 5.78. The van der Waals surface area contributed by atoms with Crippen LogP contribution < -0.4 is 5.32 Å². The lowest BCUT2D eigenvalue weighted by atomic mass is 10.1. The van der Waals surface area contributed by atoms with Crippen LogP contribution in [0.2, 0.25) is 5.15 Å². The van der Waals surface area contributed by atoms with Crippen molar-refractivity contribution in [1.82, 2.24) is 9.55 Å². The highest BCUT2D eigenvalue weighted by molar-refractivity contribution is 6.29. The van der Waals surface area contributed by atoms with Gasteiger partial charge >= 0.3 is 12.4 Å². The molecule has 0 aliphatic carbocycles. The molecule has 0 aliphatic rings. The lowest BCUT2D eigenvalue weighted by Crippen LogP contribution is -2.15. The first-order valence-corrected chi connectivity index (χ1v) is 9.18. The summed E-state index contributed by atoms with van der Waals surface area (Å²) in [6.07, 6.45) is -6.80. The summed E-state index contributed by atoms with van der Waals surface area (Å²) < 4.78 is 79.3. The van der Waals surface area contributed by atoms with Gasteiger partial charge in [0.2, 0.25) is 5.91 Å². The van der Waals surface area contributed by atoms with E-state index in [0.29, 0.717) is 5.56 Å². The van der Waals surface area contributed by atoms with Crippen molar-refractivity contribution in [3.05, 3.63) is 76.8 Å². The number of halogens is 7. The minimum absolute atomic E-state index is 0.0220. The molecule has 164 valence electrons. The number of anilines is 1. The molecule has 31 heavy (non-hydrogen) atoms. The quantitative estimate of drug-likeness (QED) is 0.464. The summed E-state index contributed by atoms with van der Waals surface area (Å²) in [4.78, 5) is 15.8. The first-order valence-electron chi connectivity index (χ1n) is 8.80. The number of alkyl halides is 6. The van der Waals surface area contributed by atoms with Crippen molar-refractivity contribution in [2.24, 2.45) is 0 Å². The monoisotopic (exact) mass is 461 g/mol. The van der Waals surface area contributed by atoms with E-state index in [-0.39, 0.29) is 29.4 Å². The fourth-order valence-electron chi connectivity index (χ4n) is 2.84. The first-order chi connectivity index (χ1) is 14.4. The third-order valence-electron chi connectivity index (χ3n) is 4.34. The van der Waals surface area contributed by atoms with Gasteiger partial charge in [-0.25, -0.2) is 4.98 Å². The number of benzene rings is 2. The zero-order valence-electron chi connectivity index (χ0n) is 15.6. The highest BCUT2D eigenvalue weighted by atomic mass is 35.5. The van der Waals surface area contributed by atoms with Crippen molar-refractivity contribution in [3.63, 3.8) is 0 Å². The summed E-state index contributed by atoms with van der Waals surface area (Å²) in [6.45, 7) is 0. The van der Waals surface area contributed by atoms with Crippen molar-refractivity contribution >= 4 is 23.2 Å². The maximum atomic E-state index is 13.5. The molecule has 0 atom stereocenters. The number of amides is 1. The Morgan fingerprint density at radius 3 is 2.23 bits per heavy atom. The van der Waals surface area contributed by atoms with Crippen LogP contribution in [0.1, 0.15) is 23.1 Å². The van der Waals surface area contributed by atoms with Crippen LogP contribution in [0.3, 0.4) is 0 Å². The van der Waals surface area contributed by atoms with Gasteiger partial charge in [-0.2, -0.15) is 26.3 Å². The lowest BCUT2D eigenvalue weighted by molar-refractivity contribution is -0.138. The average molecular weight is 462 g/mol. The minimum Gasteiger partial charge on any atom is -0.326 e. The van der Waals surface area contributed by atoms with Crippen LogP contribution in [-0.2, 0) is 23.6 Å². The molecule has 3 aromatic rings. The molecule has 3 rings (SSSR count). The number of hydrogen-bond acceptors (Lipinski definition) is 2. The zero-order chi connectivity index (χ0) is 22.8. The Labute approximate surface area is 177 Å². The van der Waals surface area contributed by atoms with Crippen molar-refractivity contribution < 1.29 is 31.1 Å². The molecule has 0 unspecified atom stereocenters. The Morgan fingerprint density at radius 1 is 1.00 bits per heavy atom. The summed E-state index contributed by atoms with van der Waals surface area (Å²) in [5, 5.41) is 2.40. The van der Waals surface area contributed by atoms with E-state index in [2.05, 4.69) is 10.3 Å². The maximum absolute atomic E-state index is 13.5. The lowest BCUT2D eigenvalue weighted by Gasteiger charge is -2.15. The number of nitrogens with zero attached hydrogens (tertiary/aromatic N) is 2. The fourth-order valence-corrected chi connectivity index (χ4v) is 2.99. The second-order valence-corrected chi connectivity index (χ2v) is 6.96. The van der Waals surface area contributed by atoms with Gasteiger partial charge in [-0.3, -0.25) is 4.79 Å². The largest absolute Gasteiger partial charge is 0.418 e. The third-order valence-corrected chi connectivity index (χ3v) is 4.53. The van der Waals surface area contributed by atoms with E-state index in [9.17, 15) is 31.1 Å². The number of carbonyl (C=O) groups is 1. The van der Waals surface area contributed by atoms with Gasteiger partial charge in [-0.1, -0.05) is 23.7 Å². The Bertz CT molecular complexity index is 1070. The molecule has 0 saturated carbocycles. The van der Waals surface area contributed by atoms with Crippen molar-refractivity contribution in [3.8, 4) is 5.69 Å². The molecule has 0 spiro atoms. The number of hydrogen-bond donors (Lipinski definition) is 1. The van der Waals surface area contributed by atoms with Crippen LogP contribution in [0.4, 0.5) is 32.0 Å². The molecule has 1 amide bonds. The zero-order valence-corrected chi connectivity index (χ0v) is 16.3. The fraction of sp³-hybridized carbons (Fsp3) is 0.200. The topological polar surface area (TPSA) is 46.9 Å². The standard InChI is InChI=1S/C20H14ClF6N3O/c21-17-10-30(11-28-17)16-7-6-14(9-15(16)20(25,26)27)29-18(31)8-3-12-1-4-13(5-2-12)19(22,23)24/h1-2,4-7,9-11H,3,8H2,(H,29,31). The molecule has 1 heterocycles. The van der Waals surface area contributed by atoms with E-state index < -0.39 is 29.4 Å². The van der Waals surface area contributed by atoms with Gasteiger partial charge < -0.3 is 9.88 Å². The molecule has 1 aromatic heterocycles. The Balaban J connectivity index is 1.70. The summed E-state index contributed by atoms with van der Waals surface area (Å²) >= 11 is 5.67. The molecule has 0 aliphatic heterocycles. The molecule has 0 fully saturated rings. The van der Waals surface area contributed by atoms with Crippen LogP contribution >= 0.6 is 11.6 Å². The molecule has 0 saturated heterocycles. The molecule has 0 bridgehead atoms. The van der Waals surface area contributed by atoms with Gasteiger partial charge in [0.25, 0.3) is 0 Å². The highest BCUT2D eigenvalue weighted by Gasteiger charge is 2.34. The molecular formula is C20H14ClF6N3O. The Morgan fingerprint density at radius 2 is 1.68 bits per heavy atom. The number of nitrogens with one attached hydrogen (secondary N) is 1. The number of rotatable bonds is 5. The number of aryl methyl sites for hydroxylation is 1. The van der Waals surface area contributed by atoms with E-state index >= 15 is 0 Å². The van der Waals surface area contributed by atoms with Gasteiger partial charge in [-0.05, 0) is 42.3 Å². The van der Waals surface area contributed by atoms with Crippen molar-refractivity contribution in [1.29, 1.82) is 0 Å². The van der Waals surface area contributed by atoms with Crippen molar-refractivity contribution in [2.75, 3.05) is 5.32 Å². The summed E-state index contributed by atoms with van der Waals surface area (Å²) in [5.74, 6) is -0.577.